The third kappa shape index (κ3) is 3.97. The minimum absolute atomic E-state index is 0.230. The highest BCUT2D eigenvalue weighted by Crippen LogP contribution is 2.24. The number of halogens is 1. The van der Waals surface area contributed by atoms with Gasteiger partial charge in [-0.3, -0.25) is 9.98 Å². The van der Waals surface area contributed by atoms with E-state index < -0.39 is 0 Å². The van der Waals surface area contributed by atoms with Crippen LogP contribution in [0.2, 0.25) is 0 Å². The van der Waals surface area contributed by atoms with E-state index in [9.17, 15) is 4.39 Å². The highest BCUT2D eigenvalue weighted by atomic mass is 19.1. The van der Waals surface area contributed by atoms with Gasteiger partial charge in [-0.05, 0) is 44.4 Å². The Kier molecular flexibility index (Phi) is 6.22. The van der Waals surface area contributed by atoms with Crippen LogP contribution in [-0.4, -0.2) is 19.0 Å². The Morgan fingerprint density at radius 1 is 1.38 bits per heavy atom. The van der Waals surface area contributed by atoms with Crippen molar-refractivity contribution >= 4 is 11.9 Å². The van der Waals surface area contributed by atoms with E-state index in [1.165, 1.54) is 6.07 Å². The number of hydrogen-bond acceptors (Lipinski definition) is 2. The summed E-state index contributed by atoms with van der Waals surface area (Å²) in [4.78, 5) is 8.71. The van der Waals surface area contributed by atoms with Crippen LogP contribution in [0.4, 0.5) is 4.39 Å². The van der Waals surface area contributed by atoms with Gasteiger partial charge in [-0.25, -0.2) is 4.39 Å². The molecule has 1 aromatic carbocycles. The quantitative estimate of drug-likeness (QED) is 0.544. The average Bonchev–Trinajstić information content (AvgIpc) is 2.47. The lowest BCUT2D eigenvalue weighted by Gasteiger charge is -2.15. The predicted molar refractivity (Wildman–Crippen MR) is 89.9 cm³/mol. The maximum atomic E-state index is 13.8. The minimum atomic E-state index is -0.230. The summed E-state index contributed by atoms with van der Waals surface area (Å²) >= 11 is 0. The van der Waals surface area contributed by atoms with E-state index in [0.717, 1.165) is 34.5 Å². The minimum Gasteiger partial charge on any atom is -0.287 e. The van der Waals surface area contributed by atoms with Gasteiger partial charge in [0.2, 0.25) is 0 Å². The average molecular weight is 286 g/mol. The Morgan fingerprint density at radius 3 is 2.52 bits per heavy atom. The molecule has 0 aliphatic carbocycles. The number of aliphatic imine (C=N–C) groups is 2. The molecule has 21 heavy (non-hydrogen) atoms. The summed E-state index contributed by atoms with van der Waals surface area (Å²) < 4.78 is 13.8. The van der Waals surface area contributed by atoms with Crippen molar-refractivity contribution in [3.63, 3.8) is 0 Å². The van der Waals surface area contributed by atoms with Gasteiger partial charge in [0.05, 0.1) is 5.71 Å². The van der Waals surface area contributed by atoms with E-state index in [-0.39, 0.29) is 5.82 Å². The summed E-state index contributed by atoms with van der Waals surface area (Å²) in [6.07, 6.45) is 2.53. The van der Waals surface area contributed by atoms with E-state index in [1.54, 1.807) is 26.3 Å². The number of hydrogen-bond donors (Lipinski definition) is 0. The first-order valence-electron chi connectivity index (χ1n) is 7.07. The Labute approximate surface area is 126 Å². The highest BCUT2D eigenvalue weighted by Gasteiger charge is 2.16. The van der Waals surface area contributed by atoms with Crippen molar-refractivity contribution in [1.29, 1.82) is 0 Å². The smallest absolute Gasteiger partial charge is 0.126 e. The monoisotopic (exact) mass is 286 g/mol. The zero-order valence-electron chi connectivity index (χ0n) is 13.5. The molecule has 0 saturated carbocycles. The fourth-order valence-corrected chi connectivity index (χ4v) is 2.16. The van der Waals surface area contributed by atoms with Crippen LogP contribution in [0, 0.1) is 12.7 Å². The summed E-state index contributed by atoms with van der Waals surface area (Å²) in [5.74, 6) is -0.230. The molecule has 1 rings (SSSR count). The summed E-state index contributed by atoms with van der Waals surface area (Å²) in [5, 5.41) is 0. The van der Waals surface area contributed by atoms with Crippen LogP contribution in [0.5, 0.6) is 0 Å². The van der Waals surface area contributed by atoms with Crippen LogP contribution < -0.4 is 0 Å². The van der Waals surface area contributed by atoms with Crippen LogP contribution in [0.15, 0.2) is 51.6 Å². The van der Waals surface area contributed by atoms with Crippen molar-refractivity contribution in [2.24, 2.45) is 9.98 Å². The number of benzene rings is 1. The van der Waals surface area contributed by atoms with E-state index >= 15 is 0 Å². The first-order chi connectivity index (χ1) is 9.96. The second kappa shape index (κ2) is 7.67. The normalized spacial score (nSPS) is 13.5. The third-order valence-corrected chi connectivity index (χ3v) is 3.37. The lowest BCUT2D eigenvalue weighted by atomic mass is 9.93. The highest BCUT2D eigenvalue weighted by molar-refractivity contribution is 6.15. The topological polar surface area (TPSA) is 24.7 Å². The fraction of sp³-hybridized carbons (Fsp3) is 0.333. The molecule has 0 spiro atoms. The van der Waals surface area contributed by atoms with Crippen LogP contribution in [-0.2, 0) is 0 Å². The molecule has 0 aliphatic rings. The molecule has 0 aliphatic heterocycles. The van der Waals surface area contributed by atoms with Gasteiger partial charge in [-0.2, -0.15) is 0 Å². The fourth-order valence-electron chi connectivity index (χ4n) is 2.16. The summed E-state index contributed by atoms with van der Waals surface area (Å²) in [7, 11) is 1.71. The van der Waals surface area contributed by atoms with Gasteiger partial charge >= 0.3 is 0 Å². The van der Waals surface area contributed by atoms with Gasteiger partial charge in [0.25, 0.3) is 0 Å². The van der Waals surface area contributed by atoms with Crippen molar-refractivity contribution in [2.75, 3.05) is 7.05 Å². The van der Waals surface area contributed by atoms with E-state index in [2.05, 4.69) is 16.6 Å². The molecule has 0 amide bonds. The Morgan fingerprint density at radius 2 is 2.05 bits per heavy atom. The third-order valence-electron chi connectivity index (χ3n) is 3.37. The van der Waals surface area contributed by atoms with E-state index in [0.29, 0.717) is 5.56 Å². The second-order valence-corrected chi connectivity index (χ2v) is 4.84. The molecular formula is C18H23FN2. The van der Waals surface area contributed by atoms with Gasteiger partial charge in [-0.1, -0.05) is 25.6 Å². The lowest BCUT2D eigenvalue weighted by Crippen LogP contribution is -2.10. The molecule has 0 heterocycles. The molecule has 0 saturated heterocycles. The molecular weight excluding hydrogens is 263 g/mol. The van der Waals surface area contributed by atoms with Gasteiger partial charge in [0.15, 0.2) is 0 Å². The summed E-state index contributed by atoms with van der Waals surface area (Å²) in [5.41, 5.74) is 4.77. The van der Waals surface area contributed by atoms with Crippen LogP contribution >= 0.6 is 0 Å². The molecule has 0 N–H and O–H groups in total. The molecule has 0 aromatic heterocycles. The molecule has 0 unspecified atom stereocenters. The van der Waals surface area contributed by atoms with Crippen LogP contribution in [0.25, 0.3) is 0 Å². The van der Waals surface area contributed by atoms with Crippen molar-refractivity contribution in [3.05, 3.63) is 58.6 Å². The van der Waals surface area contributed by atoms with Gasteiger partial charge < -0.3 is 0 Å². The molecule has 0 bridgehead atoms. The molecule has 3 heteroatoms. The first-order valence-corrected chi connectivity index (χ1v) is 7.07. The van der Waals surface area contributed by atoms with Gasteiger partial charge in [-0.15, -0.1) is 0 Å². The Balaban J connectivity index is 3.49. The number of allylic oxidation sites excluding steroid dienone is 3. The van der Waals surface area contributed by atoms with Crippen molar-refractivity contribution in [1.82, 2.24) is 0 Å². The lowest BCUT2D eigenvalue weighted by molar-refractivity contribution is 0.618. The summed E-state index contributed by atoms with van der Waals surface area (Å²) in [6, 6.07) is 5.16. The zero-order valence-corrected chi connectivity index (χ0v) is 13.5. The molecule has 0 atom stereocenters. The molecule has 1 aromatic rings. The van der Waals surface area contributed by atoms with Crippen LogP contribution in [0.3, 0.4) is 0 Å². The van der Waals surface area contributed by atoms with Crippen LogP contribution in [0.1, 0.15) is 38.3 Å². The maximum absolute atomic E-state index is 13.8. The number of nitrogens with zero attached hydrogens (tertiary/aromatic N) is 2. The van der Waals surface area contributed by atoms with Gasteiger partial charge in [0.1, 0.15) is 5.82 Å². The van der Waals surface area contributed by atoms with Crippen molar-refractivity contribution < 1.29 is 4.39 Å². The maximum Gasteiger partial charge on any atom is 0.126 e. The molecule has 2 nitrogen and oxygen atoms in total. The largest absolute Gasteiger partial charge is 0.287 e. The number of rotatable bonds is 5. The van der Waals surface area contributed by atoms with Gasteiger partial charge in [0, 0.05) is 30.1 Å². The van der Waals surface area contributed by atoms with E-state index in [4.69, 9.17) is 0 Å². The van der Waals surface area contributed by atoms with E-state index in [1.807, 2.05) is 26.8 Å². The van der Waals surface area contributed by atoms with Crippen molar-refractivity contribution in [2.45, 2.75) is 34.1 Å². The molecule has 0 radical (unpaired) electrons. The number of aryl methyl sites for hydroxylation is 1. The molecule has 112 valence electrons. The first kappa shape index (κ1) is 17.0. The Bertz CT molecular complexity index is 622. The van der Waals surface area contributed by atoms with Crippen molar-refractivity contribution in [3.8, 4) is 0 Å². The zero-order chi connectivity index (χ0) is 16.0. The SMILES string of the molecule is C=C(CC)/C(C(=NC)c1ccc(C)c(F)c1)=C(/C)N=CC. The summed E-state index contributed by atoms with van der Waals surface area (Å²) in [6.45, 7) is 11.7. The second-order valence-electron chi connectivity index (χ2n) is 4.84. The predicted octanol–water partition coefficient (Wildman–Crippen LogP) is 4.88. The molecule has 0 fully saturated rings. The standard InChI is InChI=1S/C18H23FN2/c1-7-12(3)17(14(5)21-8-2)18(20-6)15-10-9-13(4)16(19)11-15/h8-11H,3,7H2,1-2,4-6H3/b17-14+,20-18?,21-8?. The Hall–Kier alpha value is -2.03.